The van der Waals surface area contributed by atoms with Crippen molar-refractivity contribution in [2.24, 2.45) is 23.7 Å². The standard InChI is InChI=1S/C16H22O7/c17-12(18)6-16(22,15(20)21)7-13(19)23-14-10-2-8-1-9(4-10)5-11(14)3-8/h8-11,14,22H,1-7H2,(H,17,18)(H,20,21). The number of carboxylic acid groups (broad SMARTS) is 2. The lowest BCUT2D eigenvalue weighted by molar-refractivity contribution is -0.183. The molecule has 23 heavy (non-hydrogen) atoms. The Balaban J connectivity index is 1.63. The first kappa shape index (κ1) is 16.2. The van der Waals surface area contributed by atoms with Gasteiger partial charge in [-0.05, 0) is 55.8 Å². The molecular formula is C16H22O7. The minimum absolute atomic E-state index is 0.210. The van der Waals surface area contributed by atoms with Gasteiger partial charge in [-0.25, -0.2) is 4.79 Å². The quantitative estimate of drug-likeness (QED) is 0.623. The molecule has 0 radical (unpaired) electrons. The number of carboxylic acids is 2. The highest BCUT2D eigenvalue weighted by atomic mass is 16.5. The second kappa shape index (κ2) is 5.78. The fraction of sp³-hybridized carbons (Fsp3) is 0.812. The molecule has 1 unspecified atom stereocenters. The van der Waals surface area contributed by atoms with E-state index in [-0.39, 0.29) is 6.10 Å². The normalized spacial score (nSPS) is 37.2. The highest BCUT2D eigenvalue weighted by Gasteiger charge is 2.50. The summed E-state index contributed by atoms with van der Waals surface area (Å²) in [6.45, 7) is 0. The molecule has 4 bridgehead atoms. The van der Waals surface area contributed by atoms with E-state index in [4.69, 9.17) is 14.9 Å². The van der Waals surface area contributed by atoms with Crippen LogP contribution in [0, 0.1) is 23.7 Å². The average molecular weight is 326 g/mol. The van der Waals surface area contributed by atoms with Crippen LogP contribution >= 0.6 is 0 Å². The monoisotopic (exact) mass is 326 g/mol. The molecule has 0 aliphatic heterocycles. The van der Waals surface area contributed by atoms with Gasteiger partial charge in [0, 0.05) is 0 Å². The number of hydrogen-bond donors (Lipinski definition) is 3. The second-order valence-corrected chi connectivity index (χ2v) is 7.47. The van der Waals surface area contributed by atoms with E-state index in [9.17, 15) is 19.5 Å². The van der Waals surface area contributed by atoms with Crippen molar-refractivity contribution >= 4 is 17.9 Å². The van der Waals surface area contributed by atoms with Gasteiger partial charge in [-0.1, -0.05) is 0 Å². The first-order valence-corrected chi connectivity index (χ1v) is 8.14. The minimum Gasteiger partial charge on any atom is -0.481 e. The first-order chi connectivity index (χ1) is 10.8. The van der Waals surface area contributed by atoms with Gasteiger partial charge in [0.05, 0.1) is 12.8 Å². The number of carbonyl (C=O) groups excluding carboxylic acids is 1. The third-order valence-electron chi connectivity index (χ3n) is 5.69. The molecule has 128 valence electrons. The van der Waals surface area contributed by atoms with Crippen LogP contribution in [0.4, 0.5) is 0 Å². The maximum Gasteiger partial charge on any atom is 0.336 e. The molecule has 4 saturated carbocycles. The lowest BCUT2D eigenvalue weighted by atomic mass is 9.55. The lowest BCUT2D eigenvalue weighted by Gasteiger charge is -2.53. The number of aliphatic carboxylic acids is 2. The van der Waals surface area contributed by atoms with E-state index in [1.165, 1.54) is 6.42 Å². The Labute approximate surface area is 133 Å². The molecule has 3 N–H and O–H groups in total. The molecule has 1 atom stereocenters. The van der Waals surface area contributed by atoms with Gasteiger partial charge in [0.2, 0.25) is 0 Å². The fourth-order valence-corrected chi connectivity index (χ4v) is 4.96. The van der Waals surface area contributed by atoms with Gasteiger partial charge in [0.25, 0.3) is 0 Å². The Morgan fingerprint density at radius 1 is 0.913 bits per heavy atom. The van der Waals surface area contributed by atoms with Crippen LogP contribution in [0.2, 0.25) is 0 Å². The van der Waals surface area contributed by atoms with Crippen LogP contribution in [0.3, 0.4) is 0 Å². The summed E-state index contributed by atoms with van der Waals surface area (Å²) in [4.78, 5) is 33.9. The molecule has 4 rings (SSSR count). The van der Waals surface area contributed by atoms with Gasteiger partial charge in [0.1, 0.15) is 6.10 Å². The topological polar surface area (TPSA) is 121 Å². The minimum atomic E-state index is -2.62. The molecule has 0 aromatic rings. The van der Waals surface area contributed by atoms with Crippen molar-refractivity contribution in [1.82, 2.24) is 0 Å². The number of hydrogen-bond acceptors (Lipinski definition) is 5. The van der Waals surface area contributed by atoms with Gasteiger partial charge in [0.15, 0.2) is 5.60 Å². The zero-order valence-corrected chi connectivity index (χ0v) is 12.8. The molecule has 0 aromatic carbocycles. The SMILES string of the molecule is O=C(O)CC(O)(CC(=O)OC1C2CC3CC(C2)CC1C3)C(=O)O. The van der Waals surface area contributed by atoms with Gasteiger partial charge in [-0.2, -0.15) is 0 Å². The van der Waals surface area contributed by atoms with Crippen molar-refractivity contribution in [3.63, 3.8) is 0 Å². The summed E-state index contributed by atoms with van der Waals surface area (Å²) < 4.78 is 5.50. The maximum atomic E-state index is 12.1. The molecule has 0 spiro atoms. The van der Waals surface area contributed by atoms with E-state index in [0.717, 1.165) is 37.5 Å². The molecule has 7 nitrogen and oxygen atoms in total. The van der Waals surface area contributed by atoms with Crippen molar-refractivity contribution < 1.29 is 34.4 Å². The predicted octanol–water partition coefficient (Wildman–Crippen LogP) is 1.03. The Bertz CT molecular complexity index is 501. The molecule has 4 aliphatic carbocycles. The number of carbonyl (C=O) groups is 3. The summed E-state index contributed by atoms with van der Waals surface area (Å²) in [6.07, 6.45) is 3.37. The Hall–Kier alpha value is -1.63. The van der Waals surface area contributed by atoms with Gasteiger partial charge in [-0.15, -0.1) is 0 Å². The van der Waals surface area contributed by atoms with Crippen LogP contribution in [0.1, 0.15) is 44.9 Å². The highest BCUT2D eigenvalue weighted by Crippen LogP contribution is 2.54. The number of ether oxygens (including phenoxy) is 1. The summed E-state index contributed by atoms with van der Waals surface area (Å²) in [6, 6.07) is 0. The van der Waals surface area contributed by atoms with E-state index in [0.29, 0.717) is 11.8 Å². The fourth-order valence-electron chi connectivity index (χ4n) is 4.96. The molecule has 0 saturated heterocycles. The average Bonchev–Trinajstić information content (AvgIpc) is 2.40. The first-order valence-electron chi connectivity index (χ1n) is 8.14. The summed E-state index contributed by atoms with van der Waals surface area (Å²) in [5.74, 6) is -1.93. The van der Waals surface area contributed by atoms with Crippen LogP contribution in [-0.2, 0) is 19.1 Å². The van der Waals surface area contributed by atoms with Crippen molar-refractivity contribution in [3.8, 4) is 0 Å². The van der Waals surface area contributed by atoms with E-state index < -0.39 is 36.4 Å². The summed E-state index contributed by atoms with van der Waals surface area (Å²) in [5.41, 5.74) is -2.62. The van der Waals surface area contributed by atoms with Gasteiger partial charge in [-0.3, -0.25) is 9.59 Å². The smallest absolute Gasteiger partial charge is 0.336 e. The third-order valence-corrected chi connectivity index (χ3v) is 5.69. The maximum absolute atomic E-state index is 12.1. The molecule has 0 aromatic heterocycles. The van der Waals surface area contributed by atoms with E-state index in [1.54, 1.807) is 0 Å². The van der Waals surface area contributed by atoms with Crippen LogP contribution < -0.4 is 0 Å². The molecule has 7 heteroatoms. The number of rotatable bonds is 6. The molecule has 0 heterocycles. The van der Waals surface area contributed by atoms with Gasteiger partial charge < -0.3 is 20.1 Å². The van der Waals surface area contributed by atoms with E-state index in [1.807, 2.05) is 0 Å². The van der Waals surface area contributed by atoms with Crippen molar-refractivity contribution in [2.45, 2.75) is 56.7 Å². The van der Waals surface area contributed by atoms with Crippen molar-refractivity contribution in [2.75, 3.05) is 0 Å². The number of aliphatic hydroxyl groups is 1. The summed E-state index contributed by atoms with van der Waals surface area (Å²) >= 11 is 0. The summed E-state index contributed by atoms with van der Waals surface area (Å²) in [5, 5.41) is 27.7. The van der Waals surface area contributed by atoms with Crippen LogP contribution in [0.25, 0.3) is 0 Å². The molecule has 4 fully saturated rings. The second-order valence-electron chi connectivity index (χ2n) is 7.47. The third kappa shape index (κ3) is 3.20. The number of esters is 1. The Kier molecular flexibility index (Phi) is 4.08. The van der Waals surface area contributed by atoms with Crippen LogP contribution in [-0.4, -0.2) is 44.9 Å². The summed E-state index contributed by atoms with van der Waals surface area (Å²) in [7, 11) is 0. The van der Waals surface area contributed by atoms with Crippen molar-refractivity contribution in [1.29, 1.82) is 0 Å². The zero-order chi connectivity index (χ0) is 16.8. The molecular weight excluding hydrogens is 304 g/mol. The molecule has 4 aliphatic rings. The predicted molar refractivity (Wildman–Crippen MR) is 76.4 cm³/mol. The molecule has 0 amide bonds. The Morgan fingerprint density at radius 2 is 1.43 bits per heavy atom. The van der Waals surface area contributed by atoms with Crippen molar-refractivity contribution in [3.05, 3.63) is 0 Å². The van der Waals surface area contributed by atoms with E-state index >= 15 is 0 Å². The van der Waals surface area contributed by atoms with Crippen LogP contribution in [0.5, 0.6) is 0 Å². The van der Waals surface area contributed by atoms with Gasteiger partial charge >= 0.3 is 17.9 Å². The zero-order valence-electron chi connectivity index (χ0n) is 12.8. The largest absolute Gasteiger partial charge is 0.481 e. The highest BCUT2D eigenvalue weighted by molar-refractivity contribution is 5.88. The Morgan fingerprint density at radius 3 is 1.87 bits per heavy atom. The van der Waals surface area contributed by atoms with E-state index in [2.05, 4.69) is 0 Å². The van der Waals surface area contributed by atoms with Crippen LogP contribution in [0.15, 0.2) is 0 Å². The lowest BCUT2D eigenvalue weighted by Crippen LogP contribution is -2.51.